The predicted molar refractivity (Wildman–Crippen MR) is 54.4 cm³/mol. The monoisotopic (exact) mass is 207 g/mol. The molecule has 0 aromatic rings. The molecule has 0 aromatic carbocycles. The summed E-state index contributed by atoms with van der Waals surface area (Å²) in [6, 6.07) is 0.315. The van der Waals surface area contributed by atoms with Crippen LogP contribution in [0, 0.1) is 0 Å². The second kappa shape index (κ2) is 4.50. The summed E-state index contributed by atoms with van der Waals surface area (Å²) in [4.78, 5) is 13.0. The molecule has 5 heteroatoms. The number of carbonyl (C=O) groups is 1. The molecule has 70 valence electrons. The third kappa shape index (κ3) is 1.79. The molecule has 4 atom stereocenters. The zero-order valence-electron chi connectivity index (χ0n) is 7.41. The van der Waals surface area contributed by atoms with Gasteiger partial charge in [-0.3, -0.25) is 4.79 Å². The molecule has 1 rings (SSSR count). The summed E-state index contributed by atoms with van der Waals surface area (Å²) in [6.07, 6.45) is 1.98. The van der Waals surface area contributed by atoms with Crippen LogP contribution in [0.15, 0.2) is 0 Å². The first kappa shape index (κ1) is 10.4. The van der Waals surface area contributed by atoms with E-state index in [1.165, 1.54) is 0 Å². The number of hydrogen-bond acceptors (Lipinski definition) is 2. The van der Waals surface area contributed by atoms with Crippen molar-refractivity contribution in [1.29, 1.82) is 0 Å². The first-order valence-corrected chi connectivity index (χ1v) is 6.82. The van der Waals surface area contributed by atoms with Crippen LogP contribution in [0.25, 0.3) is 0 Å². The number of nitrogens with zero attached hydrogens (tertiary/aromatic N) is 1. The van der Waals surface area contributed by atoms with Gasteiger partial charge in [-0.25, -0.2) is 0 Å². The summed E-state index contributed by atoms with van der Waals surface area (Å²) >= 11 is 0. The average Bonchev–Trinajstić information content (AvgIpc) is 2.10. The summed E-state index contributed by atoms with van der Waals surface area (Å²) in [5.74, 6) is 0.128. The van der Waals surface area contributed by atoms with Crippen molar-refractivity contribution in [2.75, 3.05) is 7.05 Å². The molecule has 1 saturated heterocycles. The highest BCUT2D eigenvalue weighted by atomic mass is 32.0. The van der Waals surface area contributed by atoms with Gasteiger partial charge in [-0.2, -0.15) is 0 Å². The van der Waals surface area contributed by atoms with Crippen molar-refractivity contribution in [1.82, 2.24) is 4.90 Å². The lowest BCUT2D eigenvalue weighted by Crippen LogP contribution is -2.62. The summed E-state index contributed by atoms with van der Waals surface area (Å²) < 4.78 is 5.33. The lowest BCUT2D eigenvalue weighted by molar-refractivity contribution is -0.159. The van der Waals surface area contributed by atoms with Gasteiger partial charge in [0.1, 0.15) is 0 Å². The molecule has 2 unspecified atom stereocenters. The van der Waals surface area contributed by atoms with E-state index in [-0.39, 0.29) is 12.0 Å². The maximum absolute atomic E-state index is 11.2. The largest absolute Gasteiger partial charge is 0.343 e. The van der Waals surface area contributed by atoms with E-state index < -0.39 is 0 Å². The molecular formula is C7H15NO2P2. The van der Waals surface area contributed by atoms with Crippen molar-refractivity contribution in [3.8, 4) is 0 Å². The third-order valence-corrected chi connectivity index (χ3v) is 3.02. The van der Waals surface area contributed by atoms with Crippen LogP contribution in [0.4, 0.5) is 0 Å². The Labute approximate surface area is 77.2 Å². The van der Waals surface area contributed by atoms with Gasteiger partial charge in [-0.05, 0) is 6.42 Å². The minimum absolute atomic E-state index is 0.128. The predicted octanol–water partition coefficient (Wildman–Crippen LogP) is 1.40. The zero-order chi connectivity index (χ0) is 9.14. The van der Waals surface area contributed by atoms with Crippen molar-refractivity contribution >= 4 is 23.3 Å². The van der Waals surface area contributed by atoms with Crippen LogP contribution in [0.1, 0.15) is 19.8 Å². The zero-order valence-corrected chi connectivity index (χ0v) is 9.56. The topological polar surface area (TPSA) is 29.5 Å². The number of rotatable bonds is 4. The highest BCUT2D eigenvalue weighted by Gasteiger charge is 2.44. The lowest BCUT2D eigenvalue weighted by atomic mass is 9.95. The second-order valence-electron chi connectivity index (χ2n) is 2.96. The highest BCUT2D eigenvalue weighted by molar-refractivity contribution is 8.00. The van der Waals surface area contributed by atoms with Crippen molar-refractivity contribution in [3.05, 3.63) is 0 Å². The number of carbonyl (C=O) groups excluding carboxylic acids is 1. The SMILES string of the molecule is CCC[C@H]1[C@@H](OPP)C(=O)N1C. The molecule has 0 spiro atoms. The Balaban J connectivity index is 2.43. The van der Waals surface area contributed by atoms with Crippen LogP contribution in [0.5, 0.6) is 0 Å². The maximum Gasteiger partial charge on any atom is 0.254 e. The number of likely N-dealkylation sites (tertiary alicyclic amines) is 1. The fourth-order valence-corrected chi connectivity index (χ4v) is 2.34. The normalized spacial score (nSPS) is 29.9. The van der Waals surface area contributed by atoms with Crippen molar-refractivity contribution < 1.29 is 9.32 Å². The Kier molecular flexibility index (Phi) is 3.89. The molecule has 1 heterocycles. The fourth-order valence-electron chi connectivity index (χ4n) is 1.49. The Hall–Kier alpha value is 0.290. The summed E-state index contributed by atoms with van der Waals surface area (Å²) in [5, 5.41) is 0. The van der Waals surface area contributed by atoms with Crippen molar-refractivity contribution in [2.45, 2.75) is 31.9 Å². The standard InChI is InChI=1S/C7H15NO2P2/c1-3-4-5-6(10-12-11)7(9)8(5)2/h5-6,12H,3-4,11H2,1-2H3/t5-,6+/m0/s1. The third-order valence-electron chi connectivity index (χ3n) is 2.22. The van der Waals surface area contributed by atoms with E-state index in [1.54, 1.807) is 4.90 Å². The minimum Gasteiger partial charge on any atom is -0.343 e. The van der Waals surface area contributed by atoms with Gasteiger partial charge in [0, 0.05) is 15.5 Å². The molecule has 1 amide bonds. The van der Waals surface area contributed by atoms with Gasteiger partial charge in [-0.1, -0.05) is 22.3 Å². The maximum atomic E-state index is 11.2. The summed E-state index contributed by atoms with van der Waals surface area (Å²) in [7, 11) is 4.67. The quantitative estimate of drug-likeness (QED) is 0.515. The van der Waals surface area contributed by atoms with Crippen LogP contribution < -0.4 is 0 Å². The summed E-state index contributed by atoms with van der Waals surface area (Å²) in [6.45, 7) is 2.12. The van der Waals surface area contributed by atoms with E-state index in [9.17, 15) is 4.79 Å². The molecule has 1 aliphatic rings. The molecule has 0 saturated carbocycles. The van der Waals surface area contributed by atoms with Gasteiger partial charge >= 0.3 is 0 Å². The Morgan fingerprint density at radius 1 is 1.75 bits per heavy atom. The second-order valence-corrected chi connectivity index (χ2v) is 4.14. The van der Waals surface area contributed by atoms with E-state index in [4.69, 9.17) is 4.52 Å². The van der Waals surface area contributed by atoms with Crippen molar-refractivity contribution in [3.63, 3.8) is 0 Å². The fraction of sp³-hybridized carbons (Fsp3) is 0.857. The highest BCUT2D eigenvalue weighted by Crippen LogP contribution is 2.33. The molecule has 1 fully saturated rings. The Morgan fingerprint density at radius 3 is 2.92 bits per heavy atom. The molecular weight excluding hydrogens is 192 g/mol. The van der Waals surface area contributed by atoms with Gasteiger partial charge in [0.05, 0.1) is 6.04 Å². The molecule has 0 aromatic heterocycles. The number of hydrogen-bond donors (Lipinski definition) is 0. The molecule has 0 radical (unpaired) electrons. The Bertz CT molecular complexity index is 177. The van der Waals surface area contributed by atoms with Crippen LogP contribution in [0.3, 0.4) is 0 Å². The first-order valence-electron chi connectivity index (χ1n) is 4.10. The van der Waals surface area contributed by atoms with Gasteiger partial charge in [0.2, 0.25) is 0 Å². The summed E-state index contributed by atoms with van der Waals surface area (Å²) in [5.41, 5.74) is 0. The molecule has 0 N–H and O–H groups in total. The number of β-lactam (4-membered cyclic amide) rings is 1. The average molecular weight is 207 g/mol. The van der Waals surface area contributed by atoms with Crippen LogP contribution in [-0.4, -0.2) is 30.0 Å². The molecule has 3 nitrogen and oxygen atoms in total. The minimum atomic E-state index is -0.161. The smallest absolute Gasteiger partial charge is 0.254 e. The van der Waals surface area contributed by atoms with E-state index in [0.29, 0.717) is 14.5 Å². The van der Waals surface area contributed by atoms with Crippen molar-refractivity contribution in [2.24, 2.45) is 0 Å². The molecule has 12 heavy (non-hydrogen) atoms. The molecule has 1 aliphatic heterocycles. The number of amides is 1. The van der Waals surface area contributed by atoms with Crippen LogP contribution in [-0.2, 0) is 9.32 Å². The van der Waals surface area contributed by atoms with E-state index in [0.717, 1.165) is 12.8 Å². The van der Waals surface area contributed by atoms with E-state index in [1.807, 2.05) is 7.05 Å². The lowest BCUT2D eigenvalue weighted by Gasteiger charge is -2.44. The van der Waals surface area contributed by atoms with Gasteiger partial charge in [0.25, 0.3) is 5.91 Å². The molecule has 0 bridgehead atoms. The van der Waals surface area contributed by atoms with Crippen LogP contribution >= 0.6 is 17.4 Å². The van der Waals surface area contributed by atoms with Gasteiger partial charge < -0.3 is 9.42 Å². The Morgan fingerprint density at radius 2 is 2.42 bits per heavy atom. The van der Waals surface area contributed by atoms with Gasteiger partial charge in [-0.15, -0.1) is 0 Å². The van der Waals surface area contributed by atoms with Crippen LogP contribution in [0.2, 0.25) is 0 Å². The van der Waals surface area contributed by atoms with Gasteiger partial charge in [0.15, 0.2) is 6.10 Å². The first-order chi connectivity index (χ1) is 5.72. The molecule has 0 aliphatic carbocycles. The number of likely N-dealkylation sites (N-methyl/N-ethyl adjacent to an activating group) is 1. The van der Waals surface area contributed by atoms with E-state index >= 15 is 0 Å². The van der Waals surface area contributed by atoms with E-state index in [2.05, 4.69) is 15.9 Å².